The number of hydrogen-bond acceptors (Lipinski definition) is 4. The van der Waals surface area contributed by atoms with Gasteiger partial charge in [-0.3, -0.25) is 4.79 Å². The SMILES string of the molecule is CCN(CCCO)C(=O)c1cc2ccccc2c(NC)n1. The summed E-state index contributed by atoms with van der Waals surface area (Å²) in [6.45, 7) is 3.14. The van der Waals surface area contributed by atoms with Gasteiger partial charge in [0.15, 0.2) is 0 Å². The van der Waals surface area contributed by atoms with Crippen LogP contribution in [0.2, 0.25) is 0 Å². The van der Waals surface area contributed by atoms with E-state index in [0.717, 1.165) is 10.8 Å². The average molecular weight is 287 g/mol. The Hall–Kier alpha value is -2.14. The molecule has 1 amide bonds. The summed E-state index contributed by atoms with van der Waals surface area (Å²) >= 11 is 0. The Kier molecular flexibility index (Phi) is 5.11. The van der Waals surface area contributed by atoms with Crippen LogP contribution in [0.4, 0.5) is 5.82 Å². The van der Waals surface area contributed by atoms with Gasteiger partial charge in [0.2, 0.25) is 0 Å². The van der Waals surface area contributed by atoms with E-state index in [1.165, 1.54) is 0 Å². The minimum absolute atomic E-state index is 0.0801. The van der Waals surface area contributed by atoms with Crippen molar-refractivity contribution in [2.75, 3.05) is 32.1 Å². The van der Waals surface area contributed by atoms with E-state index in [1.54, 1.807) is 11.9 Å². The van der Waals surface area contributed by atoms with Gasteiger partial charge in [0.05, 0.1) is 0 Å². The van der Waals surface area contributed by atoms with Crippen LogP contribution in [-0.2, 0) is 0 Å². The summed E-state index contributed by atoms with van der Waals surface area (Å²) in [5, 5.41) is 13.9. The smallest absolute Gasteiger partial charge is 0.272 e. The van der Waals surface area contributed by atoms with Crippen molar-refractivity contribution in [3.63, 3.8) is 0 Å². The molecule has 5 nitrogen and oxygen atoms in total. The van der Waals surface area contributed by atoms with Crippen molar-refractivity contribution in [2.45, 2.75) is 13.3 Å². The first-order valence-corrected chi connectivity index (χ1v) is 7.19. The lowest BCUT2D eigenvalue weighted by atomic mass is 10.1. The van der Waals surface area contributed by atoms with Crippen LogP contribution in [0.25, 0.3) is 10.8 Å². The van der Waals surface area contributed by atoms with Crippen molar-refractivity contribution in [1.82, 2.24) is 9.88 Å². The third-order valence-electron chi connectivity index (χ3n) is 3.45. The van der Waals surface area contributed by atoms with Gasteiger partial charge in [-0.05, 0) is 24.8 Å². The van der Waals surface area contributed by atoms with Gasteiger partial charge in [0.25, 0.3) is 5.91 Å². The Labute approximate surface area is 124 Å². The Balaban J connectivity index is 2.38. The standard InChI is InChI=1S/C16H21N3O2/c1-3-19(9-6-10-20)16(21)14-11-12-7-4-5-8-13(12)15(17-2)18-14/h4-5,7-8,11,20H,3,6,9-10H2,1-2H3,(H,17,18). The number of hydrogen-bond donors (Lipinski definition) is 2. The van der Waals surface area contributed by atoms with Crippen LogP contribution < -0.4 is 5.32 Å². The van der Waals surface area contributed by atoms with Crippen molar-refractivity contribution >= 4 is 22.5 Å². The molecule has 112 valence electrons. The van der Waals surface area contributed by atoms with Crippen molar-refractivity contribution in [2.24, 2.45) is 0 Å². The van der Waals surface area contributed by atoms with Gasteiger partial charge < -0.3 is 15.3 Å². The summed E-state index contributed by atoms with van der Waals surface area (Å²) in [5.41, 5.74) is 0.429. The molecule has 2 aromatic rings. The third-order valence-corrected chi connectivity index (χ3v) is 3.45. The van der Waals surface area contributed by atoms with E-state index in [9.17, 15) is 4.79 Å². The Morgan fingerprint density at radius 2 is 2.14 bits per heavy atom. The van der Waals surface area contributed by atoms with Crippen molar-refractivity contribution in [1.29, 1.82) is 0 Å². The fourth-order valence-corrected chi connectivity index (χ4v) is 2.33. The first kappa shape index (κ1) is 15.3. The van der Waals surface area contributed by atoms with Gasteiger partial charge in [-0.1, -0.05) is 24.3 Å². The Morgan fingerprint density at radius 1 is 1.38 bits per heavy atom. The van der Waals surface area contributed by atoms with Gasteiger partial charge >= 0.3 is 0 Å². The van der Waals surface area contributed by atoms with E-state index in [-0.39, 0.29) is 12.5 Å². The number of carbonyl (C=O) groups excluding carboxylic acids is 1. The highest BCUT2D eigenvalue weighted by Crippen LogP contribution is 2.22. The topological polar surface area (TPSA) is 65.5 Å². The molecule has 1 aromatic heterocycles. The number of benzene rings is 1. The maximum atomic E-state index is 12.5. The first-order chi connectivity index (χ1) is 10.2. The van der Waals surface area contributed by atoms with Crippen molar-refractivity contribution in [3.05, 3.63) is 36.0 Å². The number of fused-ring (bicyclic) bond motifs is 1. The van der Waals surface area contributed by atoms with E-state index in [0.29, 0.717) is 31.0 Å². The zero-order valence-electron chi connectivity index (χ0n) is 12.5. The fourth-order valence-electron chi connectivity index (χ4n) is 2.33. The summed E-state index contributed by atoms with van der Waals surface area (Å²) in [6, 6.07) is 9.66. The molecule has 0 radical (unpaired) electrons. The van der Waals surface area contributed by atoms with E-state index in [4.69, 9.17) is 5.11 Å². The zero-order valence-corrected chi connectivity index (χ0v) is 12.5. The molecule has 5 heteroatoms. The molecule has 0 bridgehead atoms. The number of pyridine rings is 1. The third kappa shape index (κ3) is 3.31. The highest BCUT2D eigenvalue weighted by atomic mass is 16.3. The van der Waals surface area contributed by atoms with E-state index >= 15 is 0 Å². The van der Waals surface area contributed by atoms with Crippen LogP contribution in [0, 0.1) is 0 Å². The summed E-state index contributed by atoms with van der Waals surface area (Å²) in [5.74, 6) is 0.600. The number of amides is 1. The number of nitrogens with one attached hydrogen (secondary N) is 1. The number of aromatic nitrogens is 1. The van der Waals surface area contributed by atoms with E-state index in [1.807, 2.05) is 37.3 Å². The number of anilines is 1. The largest absolute Gasteiger partial charge is 0.396 e. The molecule has 0 aliphatic heterocycles. The molecule has 0 saturated heterocycles. The highest BCUT2D eigenvalue weighted by Gasteiger charge is 2.17. The molecule has 2 rings (SSSR count). The molecular weight excluding hydrogens is 266 g/mol. The van der Waals surface area contributed by atoms with Gasteiger partial charge in [-0.15, -0.1) is 0 Å². The number of aliphatic hydroxyl groups is 1. The summed E-state index contributed by atoms with van der Waals surface area (Å²) in [7, 11) is 1.80. The van der Waals surface area contributed by atoms with Crippen LogP contribution in [0.3, 0.4) is 0 Å². The van der Waals surface area contributed by atoms with Gasteiger partial charge in [-0.25, -0.2) is 4.98 Å². The van der Waals surface area contributed by atoms with Crippen molar-refractivity contribution in [3.8, 4) is 0 Å². The molecule has 0 aliphatic rings. The maximum absolute atomic E-state index is 12.5. The Morgan fingerprint density at radius 3 is 2.81 bits per heavy atom. The lowest BCUT2D eigenvalue weighted by molar-refractivity contribution is 0.0749. The predicted octanol–water partition coefficient (Wildman–Crippen LogP) is 2.12. The molecule has 2 N–H and O–H groups in total. The van der Waals surface area contributed by atoms with Crippen LogP contribution >= 0.6 is 0 Å². The second-order valence-electron chi connectivity index (χ2n) is 4.79. The van der Waals surface area contributed by atoms with Crippen molar-refractivity contribution < 1.29 is 9.90 Å². The molecule has 0 saturated carbocycles. The molecule has 1 heterocycles. The minimum atomic E-state index is -0.104. The number of aliphatic hydroxyl groups excluding tert-OH is 1. The monoisotopic (exact) mass is 287 g/mol. The summed E-state index contributed by atoms with van der Waals surface area (Å²) in [6.07, 6.45) is 0.575. The molecule has 0 atom stereocenters. The van der Waals surface area contributed by atoms with Crippen LogP contribution in [0.15, 0.2) is 30.3 Å². The van der Waals surface area contributed by atoms with Gasteiger partial charge in [0.1, 0.15) is 11.5 Å². The average Bonchev–Trinajstić information content (AvgIpc) is 2.54. The molecule has 21 heavy (non-hydrogen) atoms. The normalized spacial score (nSPS) is 10.6. The highest BCUT2D eigenvalue weighted by molar-refractivity contribution is 6.00. The lowest BCUT2D eigenvalue weighted by Crippen LogP contribution is -2.32. The van der Waals surface area contributed by atoms with E-state index < -0.39 is 0 Å². The maximum Gasteiger partial charge on any atom is 0.272 e. The molecule has 0 spiro atoms. The fraction of sp³-hybridized carbons (Fsp3) is 0.375. The lowest BCUT2D eigenvalue weighted by Gasteiger charge is -2.20. The predicted molar refractivity (Wildman–Crippen MR) is 84.6 cm³/mol. The molecule has 0 unspecified atom stereocenters. The summed E-state index contributed by atoms with van der Waals surface area (Å²) < 4.78 is 0. The second-order valence-corrected chi connectivity index (χ2v) is 4.79. The molecular formula is C16H21N3O2. The Bertz CT molecular complexity index is 628. The van der Waals surface area contributed by atoms with Crippen LogP contribution in [0.1, 0.15) is 23.8 Å². The van der Waals surface area contributed by atoms with Crippen LogP contribution in [-0.4, -0.2) is 47.6 Å². The van der Waals surface area contributed by atoms with Crippen LogP contribution in [0.5, 0.6) is 0 Å². The first-order valence-electron chi connectivity index (χ1n) is 7.19. The zero-order chi connectivity index (χ0) is 15.2. The number of rotatable bonds is 6. The van der Waals surface area contributed by atoms with Gasteiger partial charge in [-0.2, -0.15) is 0 Å². The number of nitrogens with zero attached hydrogens (tertiary/aromatic N) is 2. The van der Waals surface area contributed by atoms with Gasteiger partial charge in [0, 0.05) is 32.1 Å². The molecule has 0 fully saturated rings. The number of carbonyl (C=O) groups is 1. The minimum Gasteiger partial charge on any atom is -0.396 e. The molecule has 0 aliphatic carbocycles. The second kappa shape index (κ2) is 7.04. The van der Waals surface area contributed by atoms with E-state index in [2.05, 4.69) is 10.3 Å². The molecule has 1 aromatic carbocycles. The quantitative estimate of drug-likeness (QED) is 0.854. The summed E-state index contributed by atoms with van der Waals surface area (Å²) in [4.78, 5) is 18.7.